The molecule has 1 rings (SSSR count). The van der Waals surface area contributed by atoms with E-state index in [1.54, 1.807) is 14.0 Å². The number of nitrogens with zero attached hydrogens (tertiary/aromatic N) is 1. The first-order valence-corrected chi connectivity index (χ1v) is 3.36. The molecule has 3 nitrogen and oxygen atoms in total. The first-order chi connectivity index (χ1) is 4.55. The van der Waals surface area contributed by atoms with Gasteiger partial charge >= 0.3 is 0 Å². The summed E-state index contributed by atoms with van der Waals surface area (Å²) in [6, 6.07) is 0.0694. The van der Waals surface area contributed by atoms with Crippen LogP contribution in [-0.2, 0) is 9.59 Å². The van der Waals surface area contributed by atoms with Crippen LogP contribution in [0.1, 0.15) is 13.8 Å². The Morgan fingerprint density at radius 3 is 1.90 bits per heavy atom. The standard InChI is InChI=1S/C7H11NO2/c1-4-5(2)8(3)7(10)6(4)9/h4-5H,1-3H3. The molecule has 2 unspecified atom stereocenters. The average molecular weight is 141 g/mol. The number of hydrogen-bond acceptors (Lipinski definition) is 2. The molecule has 1 heterocycles. The maximum absolute atomic E-state index is 10.9. The molecule has 0 bridgehead atoms. The molecule has 3 heteroatoms. The van der Waals surface area contributed by atoms with Crippen LogP contribution in [0.3, 0.4) is 0 Å². The van der Waals surface area contributed by atoms with Crippen LogP contribution in [0.15, 0.2) is 0 Å². The molecule has 56 valence electrons. The Morgan fingerprint density at radius 2 is 1.80 bits per heavy atom. The lowest BCUT2D eigenvalue weighted by molar-refractivity contribution is -0.140. The molecular formula is C7H11NO2. The maximum atomic E-state index is 10.9. The van der Waals surface area contributed by atoms with Gasteiger partial charge in [-0.05, 0) is 6.92 Å². The van der Waals surface area contributed by atoms with Gasteiger partial charge in [0.25, 0.3) is 5.91 Å². The molecule has 1 aliphatic heterocycles. The van der Waals surface area contributed by atoms with Crippen LogP contribution in [0.25, 0.3) is 0 Å². The van der Waals surface area contributed by atoms with Gasteiger partial charge in [-0.1, -0.05) is 6.92 Å². The summed E-state index contributed by atoms with van der Waals surface area (Å²) in [5.41, 5.74) is 0. The fourth-order valence-corrected chi connectivity index (χ4v) is 1.11. The number of ketones is 1. The topological polar surface area (TPSA) is 37.4 Å². The van der Waals surface area contributed by atoms with Crippen molar-refractivity contribution in [1.82, 2.24) is 4.90 Å². The highest BCUT2D eigenvalue weighted by Crippen LogP contribution is 2.18. The lowest BCUT2D eigenvalue weighted by Crippen LogP contribution is -2.28. The Kier molecular flexibility index (Phi) is 1.50. The second kappa shape index (κ2) is 2.08. The Hall–Kier alpha value is -0.860. The van der Waals surface area contributed by atoms with Crippen molar-refractivity contribution in [1.29, 1.82) is 0 Å². The highest BCUT2D eigenvalue weighted by Gasteiger charge is 2.39. The van der Waals surface area contributed by atoms with Crippen molar-refractivity contribution >= 4 is 11.7 Å². The predicted octanol–water partition coefficient (Wildman–Crippen LogP) is 0.0521. The van der Waals surface area contributed by atoms with E-state index in [4.69, 9.17) is 0 Å². The second-order valence-electron chi connectivity index (χ2n) is 2.81. The summed E-state index contributed by atoms with van der Waals surface area (Å²) in [6.45, 7) is 3.67. The first-order valence-electron chi connectivity index (χ1n) is 3.36. The summed E-state index contributed by atoms with van der Waals surface area (Å²) in [5, 5.41) is 0. The zero-order valence-electron chi connectivity index (χ0n) is 6.42. The Morgan fingerprint density at radius 1 is 1.30 bits per heavy atom. The van der Waals surface area contributed by atoms with Gasteiger partial charge in [0, 0.05) is 19.0 Å². The van der Waals surface area contributed by atoms with E-state index in [0.717, 1.165) is 0 Å². The fourth-order valence-electron chi connectivity index (χ4n) is 1.11. The summed E-state index contributed by atoms with van der Waals surface area (Å²) >= 11 is 0. The van der Waals surface area contributed by atoms with E-state index in [9.17, 15) is 9.59 Å². The lowest BCUT2D eigenvalue weighted by Gasteiger charge is -2.15. The van der Waals surface area contributed by atoms with Crippen LogP contribution in [0, 0.1) is 5.92 Å². The smallest absolute Gasteiger partial charge is 0.290 e. The van der Waals surface area contributed by atoms with Crippen LogP contribution in [0.4, 0.5) is 0 Å². The molecule has 1 saturated heterocycles. The minimum Gasteiger partial charge on any atom is -0.336 e. The summed E-state index contributed by atoms with van der Waals surface area (Å²) in [6.07, 6.45) is 0. The predicted molar refractivity (Wildman–Crippen MR) is 36.4 cm³/mol. The van der Waals surface area contributed by atoms with E-state index >= 15 is 0 Å². The summed E-state index contributed by atoms with van der Waals surface area (Å²) in [7, 11) is 1.66. The summed E-state index contributed by atoms with van der Waals surface area (Å²) in [4.78, 5) is 23.3. The maximum Gasteiger partial charge on any atom is 0.290 e. The summed E-state index contributed by atoms with van der Waals surface area (Å²) < 4.78 is 0. The number of rotatable bonds is 0. The molecule has 1 fully saturated rings. The number of hydrogen-bond donors (Lipinski definition) is 0. The first kappa shape index (κ1) is 7.25. The second-order valence-corrected chi connectivity index (χ2v) is 2.81. The van der Waals surface area contributed by atoms with Crippen LogP contribution in [0.2, 0.25) is 0 Å². The van der Waals surface area contributed by atoms with Crippen molar-refractivity contribution in [3.05, 3.63) is 0 Å². The molecule has 0 aromatic carbocycles. The highest BCUT2D eigenvalue weighted by atomic mass is 16.2. The van der Waals surface area contributed by atoms with Gasteiger partial charge in [0.15, 0.2) is 0 Å². The molecule has 2 atom stereocenters. The van der Waals surface area contributed by atoms with Crippen LogP contribution in [0.5, 0.6) is 0 Å². The number of Topliss-reactive ketones (excluding diaryl/α,β-unsaturated/α-hetero) is 1. The van der Waals surface area contributed by atoms with Crippen molar-refractivity contribution in [2.24, 2.45) is 5.92 Å². The van der Waals surface area contributed by atoms with Crippen LogP contribution < -0.4 is 0 Å². The monoisotopic (exact) mass is 141 g/mol. The van der Waals surface area contributed by atoms with Crippen molar-refractivity contribution in [3.63, 3.8) is 0 Å². The largest absolute Gasteiger partial charge is 0.336 e. The SMILES string of the molecule is CC1C(=O)C(=O)N(C)C1C. The third-order valence-corrected chi connectivity index (χ3v) is 2.28. The average Bonchev–Trinajstić information content (AvgIpc) is 2.07. The van der Waals surface area contributed by atoms with Gasteiger partial charge in [0.2, 0.25) is 5.78 Å². The van der Waals surface area contributed by atoms with E-state index in [2.05, 4.69) is 0 Å². The molecule has 0 radical (unpaired) electrons. The van der Waals surface area contributed by atoms with Crippen molar-refractivity contribution in [2.75, 3.05) is 7.05 Å². The number of likely N-dealkylation sites (tertiary alicyclic amines) is 1. The van der Waals surface area contributed by atoms with Crippen molar-refractivity contribution < 1.29 is 9.59 Å². The van der Waals surface area contributed by atoms with Gasteiger partial charge in [0.1, 0.15) is 0 Å². The molecule has 1 aliphatic rings. The Labute approximate surface area is 60.0 Å². The third kappa shape index (κ3) is 0.735. The van der Waals surface area contributed by atoms with Gasteiger partial charge in [-0.15, -0.1) is 0 Å². The van der Waals surface area contributed by atoms with Gasteiger partial charge < -0.3 is 4.90 Å². The number of likely N-dealkylation sites (N-methyl/N-ethyl adjacent to an activating group) is 1. The van der Waals surface area contributed by atoms with Crippen molar-refractivity contribution in [3.8, 4) is 0 Å². The minimum absolute atomic E-state index is 0.0694. The Balaban J connectivity index is 2.89. The highest BCUT2D eigenvalue weighted by molar-refractivity contribution is 6.38. The zero-order valence-corrected chi connectivity index (χ0v) is 6.42. The van der Waals surface area contributed by atoms with Gasteiger partial charge in [-0.3, -0.25) is 9.59 Å². The zero-order chi connectivity index (χ0) is 7.89. The molecule has 0 N–H and O–H groups in total. The molecule has 10 heavy (non-hydrogen) atoms. The van der Waals surface area contributed by atoms with Gasteiger partial charge in [0.05, 0.1) is 0 Å². The number of amides is 1. The lowest BCUT2D eigenvalue weighted by atomic mass is 10.0. The van der Waals surface area contributed by atoms with Gasteiger partial charge in [-0.25, -0.2) is 0 Å². The molecule has 0 saturated carbocycles. The van der Waals surface area contributed by atoms with E-state index in [1.807, 2.05) is 6.92 Å². The van der Waals surface area contributed by atoms with E-state index in [-0.39, 0.29) is 23.7 Å². The molecule has 0 spiro atoms. The molecule has 0 aromatic rings. The molecule has 1 amide bonds. The third-order valence-electron chi connectivity index (χ3n) is 2.28. The normalized spacial score (nSPS) is 33.7. The quantitative estimate of drug-likeness (QED) is 0.447. The van der Waals surface area contributed by atoms with Crippen molar-refractivity contribution in [2.45, 2.75) is 19.9 Å². The van der Waals surface area contributed by atoms with Crippen LogP contribution >= 0.6 is 0 Å². The summed E-state index contributed by atoms with van der Waals surface area (Å²) in [5.74, 6) is -0.729. The van der Waals surface area contributed by atoms with E-state index in [1.165, 1.54) is 4.90 Å². The molecule has 0 aliphatic carbocycles. The minimum atomic E-state index is -0.347. The molecule has 0 aromatic heterocycles. The fraction of sp³-hybridized carbons (Fsp3) is 0.714. The van der Waals surface area contributed by atoms with E-state index in [0.29, 0.717) is 0 Å². The number of carbonyl (C=O) groups is 2. The Bertz CT molecular complexity index is 168. The molecular weight excluding hydrogens is 130 g/mol. The van der Waals surface area contributed by atoms with Gasteiger partial charge in [-0.2, -0.15) is 0 Å². The van der Waals surface area contributed by atoms with Crippen LogP contribution in [-0.4, -0.2) is 29.7 Å². The number of carbonyl (C=O) groups excluding carboxylic acids is 2. The van der Waals surface area contributed by atoms with E-state index < -0.39 is 0 Å².